The van der Waals surface area contributed by atoms with Crippen LogP contribution in [0.15, 0.2) is 71.6 Å². The zero-order valence-electron chi connectivity index (χ0n) is 22.9. The van der Waals surface area contributed by atoms with E-state index in [0.29, 0.717) is 18.7 Å². The van der Waals surface area contributed by atoms with E-state index >= 15 is 0 Å². The van der Waals surface area contributed by atoms with Crippen LogP contribution in [0.3, 0.4) is 0 Å². The number of hydrogen-bond acceptors (Lipinski definition) is 5. The van der Waals surface area contributed by atoms with Crippen molar-refractivity contribution in [1.82, 2.24) is 10.2 Å². The van der Waals surface area contributed by atoms with Crippen LogP contribution in [0, 0.1) is 6.92 Å². The summed E-state index contributed by atoms with van der Waals surface area (Å²) in [6.07, 6.45) is 0.318. The van der Waals surface area contributed by atoms with Crippen LogP contribution in [0.25, 0.3) is 0 Å². The predicted molar refractivity (Wildman–Crippen MR) is 158 cm³/mol. The van der Waals surface area contributed by atoms with Gasteiger partial charge in [0.05, 0.1) is 27.7 Å². The molecule has 2 amide bonds. The maximum Gasteiger partial charge on any atom is 0.264 e. The van der Waals surface area contributed by atoms with E-state index in [4.69, 9.17) is 27.9 Å². The highest BCUT2D eigenvalue weighted by Gasteiger charge is 2.33. The quantitative estimate of drug-likeness (QED) is 0.296. The van der Waals surface area contributed by atoms with Crippen LogP contribution in [0.1, 0.15) is 31.4 Å². The molecule has 0 spiro atoms. The Balaban J connectivity index is 2.09. The Morgan fingerprint density at radius 3 is 2.27 bits per heavy atom. The van der Waals surface area contributed by atoms with Crippen molar-refractivity contribution in [3.05, 3.63) is 87.9 Å². The summed E-state index contributed by atoms with van der Waals surface area (Å²) >= 11 is 12.3. The van der Waals surface area contributed by atoms with Crippen molar-refractivity contribution < 1.29 is 22.7 Å². The number of nitrogens with one attached hydrogen (secondary N) is 1. The van der Waals surface area contributed by atoms with Crippen LogP contribution in [0.5, 0.6) is 5.75 Å². The van der Waals surface area contributed by atoms with Crippen molar-refractivity contribution in [3.8, 4) is 5.75 Å². The summed E-state index contributed by atoms with van der Waals surface area (Å²) in [6.45, 7) is 5.30. The second kappa shape index (κ2) is 13.9. The molecule has 0 radical (unpaired) electrons. The van der Waals surface area contributed by atoms with Crippen LogP contribution in [0.4, 0.5) is 5.69 Å². The molecule has 3 rings (SSSR count). The monoisotopic (exact) mass is 605 g/mol. The minimum atomic E-state index is -4.21. The van der Waals surface area contributed by atoms with Crippen molar-refractivity contribution in [3.63, 3.8) is 0 Å². The maximum absolute atomic E-state index is 14.0. The van der Waals surface area contributed by atoms with Crippen LogP contribution in [0.2, 0.25) is 10.0 Å². The third kappa shape index (κ3) is 7.47. The number of carbonyl (C=O) groups excluding carboxylic acids is 2. The molecule has 1 atom stereocenters. The molecule has 0 bridgehead atoms. The number of carbonyl (C=O) groups is 2. The second-order valence-corrected chi connectivity index (χ2v) is 11.8. The zero-order chi connectivity index (χ0) is 29.4. The first-order valence-corrected chi connectivity index (χ1v) is 15.0. The summed E-state index contributed by atoms with van der Waals surface area (Å²) in [5.41, 5.74) is 1.77. The van der Waals surface area contributed by atoms with Gasteiger partial charge in [-0.25, -0.2) is 8.42 Å². The number of hydrogen-bond donors (Lipinski definition) is 1. The fourth-order valence-electron chi connectivity index (χ4n) is 4.19. The molecule has 0 aliphatic heterocycles. The first-order valence-electron chi connectivity index (χ1n) is 12.8. The third-order valence-corrected chi connectivity index (χ3v) is 8.83. The van der Waals surface area contributed by atoms with Gasteiger partial charge in [-0.15, -0.1) is 0 Å². The van der Waals surface area contributed by atoms with E-state index < -0.39 is 28.5 Å². The Labute approximate surface area is 245 Å². The van der Waals surface area contributed by atoms with Crippen LogP contribution in [-0.2, 0) is 26.2 Å². The lowest BCUT2D eigenvalue weighted by atomic mass is 10.1. The van der Waals surface area contributed by atoms with E-state index in [0.717, 1.165) is 15.4 Å². The van der Waals surface area contributed by atoms with Crippen molar-refractivity contribution in [2.75, 3.05) is 24.5 Å². The molecule has 0 aromatic heterocycles. The number of aryl methyl sites for hydroxylation is 1. The molecule has 0 saturated heterocycles. The highest BCUT2D eigenvalue weighted by atomic mass is 35.5. The van der Waals surface area contributed by atoms with E-state index in [1.807, 2.05) is 13.0 Å². The Hall–Kier alpha value is -3.27. The highest BCUT2D eigenvalue weighted by Crippen LogP contribution is 2.31. The number of ether oxygens (including phenoxy) is 1. The highest BCUT2D eigenvalue weighted by molar-refractivity contribution is 7.92. The minimum absolute atomic E-state index is 0.00656. The van der Waals surface area contributed by atoms with Gasteiger partial charge >= 0.3 is 0 Å². The number of anilines is 1. The molecule has 3 aromatic carbocycles. The van der Waals surface area contributed by atoms with Gasteiger partial charge in [-0.3, -0.25) is 13.9 Å². The van der Waals surface area contributed by atoms with Crippen molar-refractivity contribution in [2.24, 2.45) is 0 Å². The first-order chi connectivity index (χ1) is 19.0. The predicted octanol–water partition coefficient (Wildman–Crippen LogP) is 5.45. The minimum Gasteiger partial charge on any atom is -0.497 e. The zero-order valence-corrected chi connectivity index (χ0v) is 25.2. The molecule has 1 N–H and O–H groups in total. The van der Waals surface area contributed by atoms with Gasteiger partial charge in [0, 0.05) is 13.1 Å². The lowest BCUT2D eigenvalue weighted by Crippen LogP contribution is -2.52. The van der Waals surface area contributed by atoms with Gasteiger partial charge in [0.1, 0.15) is 18.3 Å². The first kappa shape index (κ1) is 31.3. The summed E-state index contributed by atoms with van der Waals surface area (Å²) in [4.78, 5) is 28.5. The molecule has 0 unspecified atom stereocenters. The number of amides is 2. The number of methoxy groups -OCH3 is 1. The van der Waals surface area contributed by atoms with E-state index in [9.17, 15) is 18.0 Å². The maximum atomic E-state index is 14.0. The summed E-state index contributed by atoms with van der Waals surface area (Å²) in [7, 11) is -2.67. The number of sulfonamides is 1. The van der Waals surface area contributed by atoms with Gasteiger partial charge < -0.3 is 15.0 Å². The molecule has 0 aliphatic rings. The van der Waals surface area contributed by atoms with E-state index in [1.165, 1.54) is 42.3 Å². The fraction of sp³-hybridized carbons (Fsp3) is 0.310. The van der Waals surface area contributed by atoms with E-state index in [2.05, 4.69) is 5.32 Å². The number of benzene rings is 3. The average Bonchev–Trinajstić information content (AvgIpc) is 2.93. The topological polar surface area (TPSA) is 96.0 Å². The molecule has 40 heavy (non-hydrogen) atoms. The molecule has 11 heteroatoms. The Morgan fingerprint density at radius 2 is 1.68 bits per heavy atom. The second-order valence-electron chi connectivity index (χ2n) is 9.11. The number of likely N-dealkylation sites (N-methyl/N-ethyl adjacent to an activating group) is 1. The van der Waals surface area contributed by atoms with Crippen LogP contribution >= 0.6 is 23.2 Å². The van der Waals surface area contributed by atoms with Gasteiger partial charge in [0.15, 0.2) is 0 Å². The summed E-state index contributed by atoms with van der Waals surface area (Å²) in [5, 5.41) is 3.16. The largest absolute Gasteiger partial charge is 0.497 e. The standard InChI is InChI=1S/C29H33Cl2N3O5S/c1-5-27(29(36)32-6-2)33(18-21-8-7-9-23(16-21)39-4)28(35)19-34(22-12-15-25(30)26(31)17-22)40(37,38)24-13-10-20(3)11-14-24/h7-17,27H,5-6,18-19H2,1-4H3,(H,32,36)/t27-/m1/s1. The summed E-state index contributed by atoms with van der Waals surface area (Å²) in [5.74, 6) is -0.304. The third-order valence-electron chi connectivity index (χ3n) is 6.30. The Morgan fingerprint density at radius 1 is 0.975 bits per heavy atom. The molecule has 0 fully saturated rings. The SMILES string of the molecule is CCNC(=O)[C@@H](CC)N(Cc1cccc(OC)c1)C(=O)CN(c1ccc(Cl)c(Cl)c1)S(=O)(=O)c1ccc(C)cc1. The number of nitrogens with zero attached hydrogens (tertiary/aromatic N) is 2. The van der Waals surface area contributed by atoms with Crippen molar-refractivity contribution in [2.45, 2.75) is 44.7 Å². The van der Waals surface area contributed by atoms with Gasteiger partial charge in [-0.2, -0.15) is 0 Å². The normalized spacial score (nSPS) is 11.9. The molecule has 3 aromatic rings. The van der Waals surface area contributed by atoms with Crippen molar-refractivity contribution in [1.29, 1.82) is 0 Å². The van der Waals surface area contributed by atoms with Crippen LogP contribution in [-0.4, -0.2) is 51.4 Å². The van der Waals surface area contributed by atoms with Crippen LogP contribution < -0.4 is 14.4 Å². The molecule has 8 nitrogen and oxygen atoms in total. The Bertz CT molecular complexity index is 1450. The lowest BCUT2D eigenvalue weighted by molar-refractivity contribution is -0.140. The fourth-order valence-corrected chi connectivity index (χ4v) is 5.88. The van der Waals surface area contributed by atoms with Gasteiger partial charge in [-0.05, 0) is 68.3 Å². The van der Waals surface area contributed by atoms with Gasteiger partial charge in [0.2, 0.25) is 11.8 Å². The Kier molecular flexibility index (Phi) is 10.8. The molecule has 0 aliphatic carbocycles. The van der Waals surface area contributed by atoms with E-state index in [1.54, 1.807) is 44.2 Å². The molecule has 0 saturated carbocycles. The lowest BCUT2D eigenvalue weighted by Gasteiger charge is -2.33. The molecular weight excluding hydrogens is 573 g/mol. The number of rotatable bonds is 12. The smallest absolute Gasteiger partial charge is 0.264 e. The molecule has 214 valence electrons. The molecule has 0 heterocycles. The summed E-state index contributed by atoms with van der Waals surface area (Å²) in [6, 6.07) is 17.0. The molecular formula is C29H33Cl2N3O5S. The average molecular weight is 607 g/mol. The van der Waals surface area contributed by atoms with E-state index in [-0.39, 0.29) is 33.1 Å². The van der Waals surface area contributed by atoms with Gasteiger partial charge in [0.25, 0.3) is 10.0 Å². The summed E-state index contributed by atoms with van der Waals surface area (Å²) < 4.78 is 34.1. The number of halogens is 2. The van der Waals surface area contributed by atoms with Gasteiger partial charge in [-0.1, -0.05) is 60.0 Å². The van der Waals surface area contributed by atoms with Crippen molar-refractivity contribution >= 4 is 50.7 Å².